The minimum absolute atomic E-state index is 0.141. The van der Waals surface area contributed by atoms with Crippen molar-refractivity contribution in [2.45, 2.75) is 19.4 Å². The Labute approximate surface area is 115 Å². The summed E-state index contributed by atoms with van der Waals surface area (Å²) in [6.07, 6.45) is -1.44. The van der Waals surface area contributed by atoms with E-state index in [9.17, 15) is 9.59 Å². The summed E-state index contributed by atoms with van der Waals surface area (Å²) in [4.78, 5) is 25.4. The Hall–Kier alpha value is -2.34. The van der Waals surface area contributed by atoms with Crippen LogP contribution in [0.25, 0.3) is 10.9 Å². The molecule has 2 aromatic rings. The highest BCUT2D eigenvalue weighted by Gasteiger charge is 2.16. The maximum Gasteiger partial charge on any atom is 0.334 e. The van der Waals surface area contributed by atoms with E-state index >= 15 is 0 Å². The molecule has 1 amide bonds. The highest BCUT2D eigenvalue weighted by Crippen LogP contribution is 2.22. The van der Waals surface area contributed by atoms with Gasteiger partial charge in [0.15, 0.2) is 6.10 Å². The number of rotatable bonds is 5. The molecular formula is C14H16N2O4. The van der Waals surface area contributed by atoms with Gasteiger partial charge >= 0.3 is 5.97 Å². The van der Waals surface area contributed by atoms with E-state index in [1.807, 2.05) is 31.2 Å². The van der Waals surface area contributed by atoms with Crippen LogP contribution in [0.15, 0.2) is 24.3 Å². The highest BCUT2D eigenvalue weighted by molar-refractivity contribution is 5.90. The molecule has 0 bridgehead atoms. The van der Waals surface area contributed by atoms with E-state index in [0.29, 0.717) is 0 Å². The molecular weight excluding hydrogens is 260 g/mol. The van der Waals surface area contributed by atoms with E-state index in [1.165, 1.54) is 0 Å². The van der Waals surface area contributed by atoms with Gasteiger partial charge in [0.1, 0.15) is 0 Å². The molecule has 6 nitrogen and oxygen atoms in total. The van der Waals surface area contributed by atoms with Crippen LogP contribution in [0.4, 0.5) is 0 Å². The minimum atomic E-state index is -1.58. The first-order valence-electron chi connectivity index (χ1n) is 6.22. The number of carboxylic acids is 1. The molecule has 2 rings (SSSR count). The quantitative estimate of drug-likeness (QED) is 0.641. The van der Waals surface area contributed by atoms with Crippen LogP contribution >= 0.6 is 0 Å². The lowest BCUT2D eigenvalue weighted by Crippen LogP contribution is -2.37. The molecule has 1 aromatic heterocycles. The van der Waals surface area contributed by atoms with E-state index in [1.54, 1.807) is 0 Å². The first-order valence-corrected chi connectivity index (χ1v) is 6.22. The summed E-state index contributed by atoms with van der Waals surface area (Å²) in [5, 5.41) is 21.0. The van der Waals surface area contributed by atoms with Crippen molar-refractivity contribution in [1.82, 2.24) is 10.3 Å². The second-order valence-electron chi connectivity index (χ2n) is 4.61. The van der Waals surface area contributed by atoms with Gasteiger partial charge in [-0.15, -0.1) is 0 Å². The third-order valence-corrected chi connectivity index (χ3v) is 3.14. The number of hydrogen-bond acceptors (Lipinski definition) is 3. The fourth-order valence-electron chi connectivity index (χ4n) is 2.08. The number of aliphatic hydroxyl groups is 1. The number of nitrogens with one attached hydrogen (secondary N) is 2. The Morgan fingerprint density at radius 1 is 1.35 bits per heavy atom. The molecule has 0 aliphatic carbocycles. The number of fused-ring (bicyclic) bond motifs is 1. The first kappa shape index (κ1) is 14.1. The van der Waals surface area contributed by atoms with Crippen LogP contribution in [0.3, 0.4) is 0 Å². The lowest BCUT2D eigenvalue weighted by atomic mass is 10.1. The number of hydrogen-bond donors (Lipinski definition) is 4. The topological polar surface area (TPSA) is 102 Å². The van der Waals surface area contributed by atoms with Gasteiger partial charge in [0, 0.05) is 16.6 Å². The molecule has 0 radical (unpaired) electrons. The number of carboxylic acid groups (broad SMARTS) is 1. The average molecular weight is 276 g/mol. The van der Waals surface area contributed by atoms with Crippen LogP contribution in [0.5, 0.6) is 0 Å². The van der Waals surface area contributed by atoms with Gasteiger partial charge in [-0.05, 0) is 18.6 Å². The van der Waals surface area contributed by atoms with Crippen LogP contribution in [0, 0.1) is 6.92 Å². The third-order valence-electron chi connectivity index (χ3n) is 3.14. The summed E-state index contributed by atoms with van der Waals surface area (Å²) in [5.41, 5.74) is 2.74. The number of aromatic amines is 1. The zero-order chi connectivity index (χ0) is 14.7. The van der Waals surface area contributed by atoms with Crippen LogP contribution in [-0.2, 0) is 16.0 Å². The lowest BCUT2D eigenvalue weighted by Gasteiger charge is -2.08. The molecule has 0 saturated carbocycles. The Bertz CT molecular complexity index is 648. The molecule has 20 heavy (non-hydrogen) atoms. The normalized spacial score (nSPS) is 12.3. The maximum atomic E-state index is 11.8. The van der Waals surface area contributed by atoms with Crippen LogP contribution < -0.4 is 5.32 Å². The Morgan fingerprint density at radius 3 is 2.75 bits per heavy atom. The number of aliphatic hydroxyl groups excluding tert-OH is 1. The summed E-state index contributed by atoms with van der Waals surface area (Å²) in [5.74, 6) is -1.67. The number of amides is 1. The van der Waals surface area contributed by atoms with Gasteiger partial charge in [0.25, 0.3) is 0 Å². The fourth-order valence-corrected chi connectivity index (χ4v) is 2.08. The fraction of sp³-hybridized carbons (Fsp3) is 0.286. The second kappa shape index (κ2) is 5.75. The molecule has 1 heterocycles. The lowest BCUT2D eigenvalue weighted by molar-refractivity contribution is -0.146. The summed E-state index contributed by atoms with van der Waals surface area (Å²) < 4.78 is 0. The highest BCUT2D eigenvalue weighted by atomic mass is 16.4. The monoisotopic (exact) mass is 276 g/mol. The van der Waals surface area contributed by atoms with Crippen LogP contribution in [0.1, 0.15) is 11.3 Å². The van der Waals surface area contributed by atoms with E-state index < -0.39 is 12.1 Å². The van der Waals surface area contributed by atoms with Crippen molar-refractivity contribution in [3.8, 4) is 0 Å². The molecule has 0 aliphatic heterocycles. The van der Waals surface area contributed by atoms with Gasteiger partial charge in [0.2, 0.25) is 5.91 Å². The zero-order valence-electron chi connectivity index (χ0n) is 11.0. The van der Waals surface area contributed by atoms with E-state index in [-0.39, 0.29) is 18.9 Å². The maximum absolute atomic E-state index is 11.8. The Morgan fingerprint density at radius 2 is 2.05 bits per heavy atom. The van der Waals surface area contributed by atoms with Crippen molar-refractivity contribution in [1.29, 1.82) is 0 Å². The summed E-state index contributed by atoms with van der Waals surface area (Å²) >= 11 is 0. The van der Waals surface area contributed by atoms with Gasteiger partial charge in [-0.25, -0.2) is 4.79 Å². The Balaban J connectivity index is 2.06. The molecule has 0 aliphatic rings. The van der Waals surface area contributed by atoms with Gasteiger partial charge in [-0.3, -0.25) is 4.79 Å². The molecule has 0 fully saturated rings. The number of carbonyl (C=O) groups excluding carboxylic acids is 1. The number of benzene rings is 1. The average Bonchev–Trinajstić information content (AvgIpc) is 2.72. The summed E-state index contributed by atoms with van der Waals surface area (Å²) in [6.45, 7) is 1.59. The molecule has 0 saturated heterocycles. The van der Waals surface area contributed by atoms with Gasteiger partial charge in [-0.1, -0.05) is 18.2 Å². The standard InChI is InChI=1S/C14H16N2O4/c1-8-10(9-4-2-3-5-11(9)16-8)6-13(18)15-7-12(17)14(19)20/h2-5,12,16-17H,6-7H2,1H3,(H,15,18)(H,19,20)/t12-/m0/s1. The number of carbonyl (C=O) groups is 2. The largest absolute Gasteiger partial charge is 0.479 e. The second-order valence-corrected chi connectivity index (χ2v) is 4.61. The predicted octanol–water partition coefficient (Wildman–Crippen LogP) is 0.581. The van der Waals surface area contributed by atoms with E-state index in [4.69, 9.17) is 10.2 Å². The van der Waals surface area contributed by atoms with Crippen molar-refractivity contribution in [3.63, 3.8) is 0 Å². The smallest absolute Gasteiger partial charge is 0.334 e. The Kier molecular flexibility index (Phi) is 4.05. The SMILES string of the molecule is Cc1[nH]c2ccccc2c1CC(=O)NC[C@H](O)C(=O)O. The number of H-pyrrole nitrogens is 1. The number of aryl methyl sites for hydroxylation is 1. The number of aliphatic carboxylic acids is 1. The molecule has 1 aromatic carbocycles. The molecule has 0 unspecified atom stereocenters. The van der Waals surface area contributed by atoms with Gasteiger partial charge in [-0.2, -0.15) is 0 Å². The third kappa shape index (κ3) is 2.97. The van der Waals surface area contributed by atoms with Crippen molar-refractivity contribution in [2.24, 2.45) is 0 Å². The van der Waals surface area contributed by atoms with Gasteiger partial charge in [0.05, 0.1) is 13.0 Å². The number of para-hydroxylation sites is 1. The molecule has 4 N–H and O–H groups in total. The molecule has 0 spiro atoms. The molecule has 106 valence electrons. The summed E-state index contributed by atoms with van der Waals surface area (Å²) in [6, 6.07) is 7.65. The molecule has 1 atom stereocenters. The molecule has 6 heteroatoms. The summed E-state index contributed by atoms with van der Waals surface area (Å²) in [7, 11) is 0. The van der Waals surface area contributed by atoms with Crippen molar-refractivity contribution >= 4 is 22.8 Å². The van der Waals surface area contributed by atoms with Crippen molar-refractivity contribution in [3.05, 3.63) is 35.5 Å². The zero-order valence-corrected chi connectivity index (χ0v) is 11.0. The first-order chi connectivity index (χ1) is 9.49. The van der Waals surface area contributed by atoms with E-state index in [0.717, 1.165) is 22.2 Å². The van der Waals surface area contributed by atoms with Crippen LogP contribution in [0.2, 0.25) is 0 Å². The van der Waals surface area contributed by atoms with E-state index in [2.05, 4.69) is 10.3 Å². The number of aromatic nitrogens is 1. The van der Waals surface area contributed by atoms with Crippen molar-refractivity contribution < 1.29 is 19.8 Å². The minimum Gasteiger partial charge on any atom is -0.479 e. The van der Waals surface area contributed by atoms with Gasteiger partial charge < -0.3 is 20.5 Å². The van der Waals surface area contributed by atoms with Crippen molar-refractivity contribution in [2.75, 3.05) is 6.54 Å². The predicted molar refractivity (Wildman–Crippen MR) is 73.4 cm³/mol. The van der Waals surface area contributed by atoms with Crippen LogP contribution in [-0.4, -0.2) is 39.7 Å².